The number of aromatic nitrogens is 1. The van der Waals surface area contributed by atoms with E-state index in [1.165, 1.54) is 17.4 Å². The van der Waals surface area contributed by atoms with Crippen LogP contribution in [0.5, 0.6) is 5.75 Å². The van der Waals surface area contributed by atoms with Gasteiger partial charge in [-0.2, -0.15) is 0 Å². The van der Waals surface area contributed by atoms with Crippen LogP contribution >= 0.6 is 11.3 Å². The first-order chi connectivity index (χ1) is 8.24. The number of nitrogens with one attached hydrogen (secondary N) is 1. The summed E-state index contributed by atoms with van der Waals surface area (Å²) in [6, 6.07) is 1.36. The van der Waals surface area contributed by atoms with Crippen LogP contribution in [0.1, 0.15) is 22.4 Å². The molecule has 0 saturated carbocycles. The Morgan fingerprint density at radius 2 is 2.53 bits per heavy atom. The third-order valence-electron chi connectivity index (χ3n) is 2.41. The van der Waals surface area contributed by atoms with Gasteiger partial charge in [0.2, 0.25) is 11.6 Å². The van der Waals surface area contributed by atoms with Crippen molar-refractivity contribution in [3.63, 3.8) is 0 Å². The van der Waals surface area contributed by atoms with Crippen LogP contribution in [-0.2, 0) is 0 Å². The van der Waals surface area contributed by atoms with Gasteiger partial charge in [-0.1, -0.05) is 0 Å². The number of carbonyl (C=O) groups is 1. The van der Waals surface area contributed by atoms with E-state index in [-0.39, 0.29) is 11.9 Å². The van der Waals surface area contributed by atoms with Crippen LogP contribution < -0.4 is 10.1 Å². The van der Waals surface area contributed by atoms with E-state index in [9.17, 15) is 4.79 Å². The number of carboxylic acid groups (broad SMARTS) is 1. The Morgan fingerprint density at radius 1 is 1.65 bits per heavy atom. The second-order valence-corrected chi connectivity index (χ2v) is 4.23. The molecule has 2 aromatic heterocycles. The first kappa shape index (κ1) is 10.2. The molecule has 0 radical (unpaired) electrons. The molecule has 0 saturated heterocycles. The predicted octanol–water partition coefficient (Wildman–Crippen LogP) is 1.98. The Balaban J connectivity index is 1.88. The van der Waals surface area contributed by atoms with Crippen molar-refractivity contribution in [2.75, 3.05) is 11.9 Å². The summed E-state index contributed by atoms with van der Waals surface area (Å²) in [5, 5.41) is 13.7. The first-order valence-corrected chi connectivity index (χ1v) is 5.84. The molecule has 0 bridgehead atoms. The van der Waals surface area contributed by atoms with E-state index in [4.69, 9.17) is 14.3 Å². The van der Waals surface area contributed by atoms with Crippen LogP contribution in [0.3, 0.4) is 0 Å². The Labute approximate surface area is 99.9 Å². The van der Waals surface area contributed by atoms with Gasteiger partial charge in [-0.3, -0.25) is 0 Å². The molecule has 1 aliphatic heterocycles. The number of aromatic carboxylic acids is 1. The van der Waals surface area contributed by atoms with Gasteiger partial charge in [-0.05, 0) is 0 Å². The van der Waals surface area contributed by atoms with E-state index in [0.29, 0.717) is 18.2 Å². The average molecular weight is 252 g/mol. The highest BCUT2D eigenvalue weighted by Crippen LogP contribution is 2.36. The molecule has 0 aliphatic carbocycles. The Bertz CT molecular complexity index is 549. The molecule has 1 unspecified atom stereocenters. The molecule has 0 aromatic carbocycles. The molecular weight excluding hydrogens is 244 g/mol. The molecule has 0 amide bonds. The van der Waals surface area contributed by atoms with Gasteiger partial charge in [-0.15, -0.1) is 11.3 Å². The summed E-state index contributed by atoms with van der Waals surface area (Å²) in [5.41, 5.74) is 2.55. The molecule has 3 heterocycles. The molecule has 1 aliphatic rings. The summed E-state index contributed by atoms with van der Waals surface area (Å²) in [5.74, 6) is -0.489. The zero-order valence-electron chi connectivity index (χ0n) is 8.54. The zero-order chi connectivity index (χ0) is 11.8. The van der Waals surface area contributed by atoms with Crippen LogP contribution in [-0.4, -0.2) is 22.6 Å². The molecule has 2 aromatic rings. The highest BCUT2D eigenvalue weighted by molar-refractivity contribution is 7.07. The van der Waals surface area contributed by atoms with Crippen molar-refractivity contribution in [1.82, 2.24) is 4.98 Å². The van der Waals surface area contributed by atoms with Crippen molar-refractivity contribution in [3.05, 3.63) is 28.4 Å². The maximum absolute atomic E-state index is 10.7. The molecule has 2 N–H and O–H groups in total. The van der Waals surface area contributed by atoms with Crippen LogP contribution in [0.4, 0.5) is 5.88 Å². The molecule has 6 nitrogen and oxygen atoms in total. The summed E-state index contributed by atoms with van der Waals surface area (Å²) in [7, 11) is 0. The van der Waals surface area contributed by atoms with Gasteiger partial charge >= 0.3 is 5.97 Å². The largest absolute Gasteiger partial charge is 0.476 e. The van der Waals surface area contributed by atoms with Crippen LogP contribution in [0.25, 0.3) is 0 Å². The number of nitrogens with zero attached hydrogens (tertiary/aromatic N) is 1. The van der Waals surface area contributed by atoms with Gasteiger partial charge in [0.05, 0.1) is 17.7 Å². The molecule has 0 fully saturated rings. The number of hydrogen-bond acceptors (Lipinski definition) is 6. The third kappa shape index (κ3) is 1.74. The fourth-order valence-corrected chi connectivity index (χ4v) is 2.21. The number of hydrogen-bond donors (Lipinski definition) is 2. The second-order valence-electron chi connectivity index (χ2n) is 3.51. The maximum Gasteiger partial charge on any atom is 0.372 e. The number of anilines is 1. The lowest BCUT2D eigenvalue weighted by Crippen LogP contribution is -2.22. The van der Waals surface area contributed by atoms with Crippen molar-refractivity contribution in [2.24, 2.45) is 0 Å². The minimum absolute atomic E-state index is 0.138. The normalized spacial score (nSPS) is 18.0. The Hall–Kier alpha value is -2.02. The first-order valence-electron chi connectivity index (χ1n) is 4.90. The standard InChI is InChI=1S/C10H8N2O4S/c13-10(14)7-1-6-9(16-7)11-2-8(15-6)5-3-17-4-12-5/h1,3-4,8,11H,2H2,(H,13,14). The number of fused-ring (bicyclic) bond motifs is 1. The summed E-state index contributed by atoms with van der Waals surface area (Å²) >= 11 is 1.49. The quantitative estimate of drug-likeness (QED) is 0.850. The topological polar surface area (TPSA) is 84.6 Å². The van der Waals surface area contributed by atoms with Gasteiger partial charge < -0.3 is 19.6 Å². The highest BCUT2D eigenvalue weighted by Gasteiger charge is 2.27. The van der Waals surface area contributed by atoms with Gasteiger partial charge in [0.25, 0.3) is 0 Å². The van der Waals surface area contributed by atoms with E-state index >= 15 is 0 Å². The molecule has 0 spiro atoms. The number of thiazole rings is 1. The van der Waals surface area contributed by atoms with E-state index in [1.54, 1.807) is 5.51 Å². The molecule has 88 valence electrons. The average Bonchev–Trinajstić information content (AvgIpc) is 2.97. The van der Waals surface area contributed by atoms with Crippen molar-refractivity contribution < 1.29 is 19.1 Å². The van der Waals surface area contributed by atoms with Crippen LogP contribution in [0.15, 0.2) is 21.4 Å². The van der Waals surface area contributed by atoms with Gasteiger partial charge in [0.15, 0.2) is 11.9 Å². The summed E-state index contributed by atoms with van der Waals surface area (Å²) < 4.78 is 10.7. The minimum Gasteiger partial charge on any atom is -0.476 e. The third-order valence-corrected chi connectivity index (χ3v) is 3.01. The van der Waals surface area contributed by atoms with Gasteiger partial charge in [-0.25, -0.2) is 9.78 Å². The second kappa shape index (κ2) is 3.77. The maximum atomic E-state index is 10.7. The van der Waals surface area contributed by atoms with Crippen LogP contribution in [0.2, 0.25) is 0 Å². The predicted molar refractivity (Wildman–Crippen MR) is 59.6 cm³/mol. The van der Waals surface area contributed by atoms with E-state index in [0.717, 1.165) is 5.69 Å². The summed E-state index contributed by atoms with van der Waals surface area (Å²) in [6.45, 7) is 0.503. The molecule has 17 heavy (non-hydrogen) atoms. The van der Waals surface area contributed by atoms with Crippen molar-refractivity contribution in [1.29, 1.82) is 0 Å². The number of carboxylic acids is 1. The van der Waals surface area contributed by atoms with Crippen LogP contribution in [0, 0.1) is 0 Å². The lowest BCUT2D eigenvalue weighted by atomic mass is 10.2. The van der Waals surface area contributed by atoms with Gasteiger partial charge in [0, 0.05) is 11.4 Å². The highest BCUT2D eigenvalue weighted by atomic mass is 32.1. The monoisotopic (exact) mass is 252 g/mol. The molecule has 3 rings (SSSR count). The number of furan rings is 1. The van der Waals surface area contributed by atoms with Crippen molar-refractivity contribution in [2.45, 2.75) is 6.10 Å². The Morgan fingerprint density at radius 3 is 3.24 bits per heavy atom. The smallest absolute Gasteiger partial charge is 0.372 e. The lowest BCUT2D eigenvalue weighted by molar-refractivity contribution is 0.0663. The van der Waals surface area contributed by atoms with E-state index in [1.807, 2.05) is 5.38 Å². The zero-order valence-corrected chi connectivity index (χ0v) is 9.36. The summed E-state index contributed by atoms with van der Waals surface area (Å²) in [4.78, 5) is 14.9. The lowest BCUT2D eigenvalue weighted by Gasteiger charge is -2.22. The van der Waals surface area contributed by atoms with Crippen molar-refractivity contribution in [3.8, 4) is 5.75 Å². The minimum atomic E-state index is -1.12. The number of rotatable bonds is 2. The van der Waals surface area contributed by atoms with E-state index in [2.05, 4.69) is 10.3 Å². The van der Waals surface area contributed by atoms with Crippen molar-refractivity contribution >= 4 is 23.2 Å². The fourth-order valence-electron chi connectivity index (χ4n) is 1.62. The Kier molecular flexibility index (Phi) is 2.25. The summed E-state index contributed by atoms with van der Waals surface area (Å²) in [6.07, 6.45) is -0.215. The molecule has 7 heteroatoms. The SMILES string of the molecule is O=C(O)c1cc2c(o1)NCC(c1cscn1)O2. The number of ether oxygens (including phenoxy) is 1. The van der Waals surface area contributed by atoms with Gasteiger partial charge in [0.1, 0.15) is 0 Å². The molecule has 1 atom stereocenters. The van der Waals surface area contributed by atoms with E-state index < -0.39 is 5.97 Å². The fraction of sp³-hybridized carbons (Fsp3) is 0.200. The molecular formula is C10H8N2O4S.